The Hall–Kier alpha value is -3.48. The van der Waals surface area contributed by atoms with E-state index >= 15 is 0 Å². The quantitative estimate of drug-likeness (QED) is 0.196. The largest absolute Gasteiger partial charge is 0.492 e. The third-order valence-electron chi connectivity index (χ3n) is 6.58. The molecule has 6 heteroatoms. The van der Waals surface area contributed by atoms with Crippen LogP contribution in [0, 0.1) is 0 Å². The fourth-order valence-electron chi connectivity index (χ4n) is 4.52. The molecule has 196 valence electrons. The van der Waals surface area contributed by atoms with Gasteiger partial charge in [0.05, 0.1) is 0 Å². The van der Waals surface area contributed by atoms with Gasteiger partial charge in [-0.1, -0.05) is 51.1 Å². The van der Waals surface area contributed by atoms with E-state index in [1.54, 1.807) is 7.11 Å². The van der Waals surface area contributed by atoms with Gasteiger partial charge in [0.25, 0.3) is 0 Å². The number of rotatable bonds is 13. The SMILES string of the molecule is CC/C(=C(/c1ccc(OCCN(CC)CC)cc1)c1ccc(OCOC)cc1)c1ccc2c(c1)OCO2. The van der Waals surface area contributed by atoms with Crippen LogP contribution in [-0.4, -0.2) is 51.8 Å². The summed E-state index contributed by atoms with van der Waals surface area (Å²) in [7, 11) is 1.62. The van der Waals surface area contributed by atoms with Crippen molar-refractivity contribution in [2.24, 2.45) is 0 Å². The summed E-state index contributed by atoms with van der Waals surface area (Å²) in [4.78, 5) is 2.36. The summed E-state index contributed by atoms with van der Waals surface area (Å²) in [6.07, 6.45) is 0.846. The van der Waals surface area contributed by atoms with Crippen LogP contribution >= 0.6 is 0 Å². The van der Waals surface area contributed by atoms with Crippen molar-refractivity contribution >= 4 is 11.1 Å². The molecule has 1 heterocycles. The number of hydrogen-bond acceptors (Lipinski definition) is 6. The summed E-state index contributed by atoms with van der Waals surface area (Å²) in [6.45, 7) is 10.7. The first-order valence-electron chi connectivity index (χ1n) is 13.0. The van der Waals surface area contributed by atoms with Gasteiger partial charge in [-0.25, -0.2) is 0 Å². The van der Waals surface area contributed by atoms with Crippen LogP contribution in [0.15, 0.2) is 66.7 Å². The van der Waals surface area contributed by atoms with Crippen molar-refractivity contribution in [3.8, 4) is 23.0 Å². The van der Waals surface area contributed by atoms with Gasteiger partial charge in [-0.2, -0.15) is 0 Å². The molecule has 3 aromatic rings. The van der Waals surface area contributed by atoms with Crippen LogP contribution in [0.4, 0.5) is 0 Å². The Labute approximate surface area is 220 Å². The topological polar surface area (TPSA) is 49.4 Å². The molecule has 0 spiro atoms. The Morgan fingerprint density at radius 3 is 1.95 bits per heavy atom. The van der Waals surface area contributed by atoms with Crippen molar-refractivity contribution in [3.63, 3.8) is 0 Å². The zero-order chi connectivity index (χ0) is 26.0. The van der Waals surface area contributed by atoms with Gasteiger partial charge in [-0.3, -0.25) is 0 Å². The second-order valence-electron chi connectivity index (χ2n) is 8.75. The highest BCUT2D eigenvalue weighted by atomic mass is 16.7. The monoisotopic (exact) mass is 503 g/mol. The Bertz CT molecular complexity index is 1170. The standard InChI is InChI=1S/C31H37NO5/c1-5-28(25-12-17-29-30(20-25)37-22-36-29)31(24-10-15-27(16-11-24)35-21-33-4)23-8-13-26(14-9-23)34-19-18-32(6-2)7-3/h8-17,20H,5-7,18-19,21-22H2,1-4H3/b31-28+. The number of fused-ring (bicyclic) bond motifs is 1. The van der Waals surface area contributed by atoms with Crippen molar-refractivity contribution < 1.29 is 23.7 Å². The van der Waals surface area contributed by atoms with Gasteiger partial charge in [0.15, 0.2) is 18.3 Å². The molecule has 0 fully saturated rings. The van der Waals surface area contributed by atoms with Crippen molar-refractivity contribution in [1.82, 2.24) is 4.90 Å². The number of likely N-dealkylation sites (N-methyl/N-ethyl adjacent to an activating group) is 1. The normalized spacial score (nSPS) is 13.0. The number of allylic oxidation sites excluding steroid dienone is 1. The molecule has 6 nitrogen and oxygen atoms in total. The molecule has 37 heavy (non-hydrogen) atoms. The molecule has 0 aliphatic carbocycles. The zero-order valence-corrected chi connectivity index (χ0v) is 22.3. The van der Waals surface area contributed by atoms with E-state index in [-0.39, 0.29) is 13.6 Å². The number of methoxy groups -OCH3 is 1. The maximum Gasteiger partial charge on any atom is 0.231 e. The predicted molar refractivity (Wildman–Crippen MR) is 147 cm³/mol. The highest BCUT2D eigenvalue weighted by Gasteiger charge is 2.18. The lowest BCUT2D eigenvalue weighted by Gasteiger charge is -2.19. The summed E-state index contributed by atoms with van der Waals surface area (Å²) in [6, 6.07) is 22.7. The third kappa shape index (κ3) is 6.64. The molecule has 0 bridgehead atoms. The Balaban J connectivity index is 1.68. The maximum absolute atomic E-state index is 6.04. The van der Waals surface area contributed by atoms with Crippen LogP contribution in [0.2, 0.25) is 0 Å². The fourth-order valence-corrected chi connectivity index (χ4v) is 4.52. The minimum atomic E-state index is 0.217. The predicted octanol–water partition coefficient (Wildman–Crippen LogP) is 6.49. The summed E-state index contributed by atoms with van der Waals surface area (Å²) in [5, 5.41) is 0. The average molecular weight is 504 g/mol. The highest BCUT2D eigenvalue weighted by molar-refractivity contribution is 5.99. The van der Waals surface area contributed by atoms with E-state index in [2.05, 4.69) is 74.2 Å². The van der Waals surface area contributed by atoms with Crippen molar-refractivity contribution in [2.75, 3.05) is 46.9 Å². The second kappa shape index (κ2) is 13.2. The summed E-state index contributed by atoms with van der Waals surface area (Å²) >= 11 is 0. The number of ether oxygens (including phenoxy) is 5. The fraction of sp³-hybridized carbons (Fsp3) is 0.355. The summed E-state index contributed by atoms with van der Waals surface area (Å²) in [5.41, 5.74) is 5.72. The molecule has 0 aromatic heterocycles. The molecule has 0 N–H and O–H groups in total. The maximum atomic E-state index is 6.04. The lowest BCUT2D eigenvalue weighted by atomic mass is 9.88. The molecule has 1 aliphatic heterocycles. The van der Waals surface area contributed by atoms with Gasteiger partial charge >= 0.3 is 0 Å². The van der Waals surface area contributed by atoms with E-state index in [4.69, 9.17) is 23.7 Å². The molecule has 1 aliphatic rings. The molecule has 0 amide bonds. The first kappa shape index (κ1) is 26.6. The Morgan fingerprint density at radius 1 is 0.757 bits per heavy atom. The highest BCUT2D eigenvalue weighted by Crippen LogP contribution is 2.40. The van der Waals surface area contributed by atoms with Gasteiger partial charge < -0.3 is 28.6 Å². The van der Waals surface area contributed by atoms with E-state index in [9.17, 15) is 0 Å². The average Bonchev–Trinajstić information content (AvgIpc) is 3.42. The van der Waals surface area contributed by atoms with E-state index in [0.717, 1.165) is 71.3 Å². The lowest BCUT2D eigenvalue weighted by molar-refractivity contribution is 0.0511. The van der Waals surface area contributed by atoms with E-state index in [1.807, 2.05) is 18.2 Å². The van der Waals surface area contributed by atoms with E-state index in [1.165, 1.54) is 5.57 Å². The first-order chi connectivity index (χ1) is 18.2. The van der Waals surface area contributed by atoms with E-state index in [0.29, 0.717) is 6.61 Å². The van der Waals surface area contributed by atoms with Crippen LogP contribution in [0.1, 0.15) is 43.9 Å². The lowest BCUT2D eigenvalue weighted by Crippen LogP contribution is -2.27. The van der Waals surface area contributed by atoms with Gasteiger partial charge in [-0.15, -0.1) is 0 Å². The third-order valence-corrected chi connectivity index (χ3v) is 6.58. The molecule has 0 radical (unpaired) electrons. The minimum Gasteiger partial charge on any atom is -0.492 e. The molecule has 4 rings (SSSR count). The first-order valence-corrected chi connectivity index (χ1v) is 13.0. The van der Waals surface area contributed by atoms with E-state index < -0.39 is 0 Å². The van der Waals surface area contributed by atoms with Crippen LogP contribution in [0.25, 0.3) is 11.1 Å². The zero-order valence-electron chi connectivity index (χ0n) is 22.3. The molecular weight excluding hydrogens is 466 g/mol. The van der Waals surface area contributed by atoms with Gasteiger partial charge in [0.1, 0.15) is 18.1 Å². The Morgan fingerprint density at radius 2 is 1.35 bits per heavy atom. The summed E-state index contributed by atoms with van der Waals surface area (Å²) < 4.78 is 27.9. The molecule has 0 saturated heterocycles. The minimum absolute atomic E-state index is 0.217. The number of benzene rings is 3. The molecule has 0 atom stereocenters. The van der Waals surface area contributed by atoms with Gasteiger partial charge in [0, 0.05) is 13.7 Å². The van der Waals surface area contributed by atoms with Crippen LogP contribution in [-0.2, 0) is 4.74 Å². The van der Waals surface area contributed by atoms with Crippen molar-refractivity contribution in [1.29, 1.82) is 0 Å². The number of nitrogens with zero attached hydrogens (tertiary/aromatic N) is 1. The molecule has 0 saturated carbocycles. The molecular formula is C31H37NO5. The second-order valence-corrected chi connectivity index (χ2v) is 8.75. The Kier molecular flexibility index (Phi) is 9.46. The molecule has 3 aromatic carbocycles. The van der Waals surface area contributed by atoms with Crippen LogP contribution in [0.5, 0.6) is 23.0 Å². The van der Waals surface area contributed by atoms with Crippen LogP contribution in [0.3, 0.4) is 0 Å². The van der Waals surface area contributed by atoms with Crippen molar-refractivity contribution in [2.45, 2.75) is 27.2 Å². The van der Waals surface area contributed by atoms with Gasteiger partial charge in [0.2, 0.25) is 6.79 Å². The molecule has 0 unspecified atom stereocenters. The van der Waals surface area contributed by atoms with Crippen LogP contribution < -0.4 is 18.9 Å². The smallest absolute Gasteiger partial charge is 0.231 e. The summed E-state index contributed by atoms with van der Waals surface area (Å²) in [5.74, 6) is 3.21. The number of hydrogen-bond donors (Lipinski definition) is 0. The van der Waals surface area contributed by atoms with Gasteiger partial charge in [-0.05, 0) is 83.7 Å². The van der Waals surface area contributed by atoms with Crippen molar-refractivity contribution in [3.05, 3.63) is 83.4 Å².